The van der Waals surface area contributed by atoms with Crippen molar-refractivity contribution in [2.75, 3.05) is 0 Å². The van der Waals surface area contributed by atoms with Crippen LogP contribution < -0.4 is 0 Å². The van der Waals surface area contributed by atoms with Crippen molar-refractivity contribution in [2.45, 2.75) is 12.8 Å². The number of halogens is 5. The van der Waals surface area contributed by atoms with Gasteiger partial charge in [0.25, 0.3) is 0 Å². The number of rotatable bonds is 2. The van der Waals surface area contributed by atoms with Crippen molar-refractivity contribution in [3.63, 3.8) is 0 Å². The maximum absolute atomic E-state index is 13.7. The number of hydrogen-bond acceptors (Lipinski definition) is 0. The number of allylic oxidation sites excluding steroid dienone is 8. The van der Waals surface area contributed by atoms with E-state index in [0.717, 1.165) is 8.72 Å². The summed E-state index contributed by atoms with van der Waals surface area (Å²) >= 11 is -2.11. The first-order valence-corrected chi connectivity index (χ1v) is 9.86. The zero-order valence-corrected chi connectivity index (χ0v) is 14.1. The molecule has 0 aliphatic heterocycles. The molecule has 3 rings (SSSR count). The standard InChI is InChI=1S/C18H10AsF5/c20-14-13(15(21)17(23)18(24)16(14)22)9-10-19(11-5-1-2-6-11)12-7-3-4-8-12/h1-5,7H,6,8H2. The average molecular weight is 396 g/mol. The topological polar surface area (TPSA) is 0 Å². The van der Waals surface area contributed by atoms with Gasteiger partial charge in [-0.1, -0.05) is 0 Å². The van der Waals surface area contributed by atoms with Gasteiger partial charge < -0.3 is 0 Å². The number of benzene rings is 1. The molecule has 0 fully saturated rings. The van der Waals surface area contributed by atoms with E-state index in [1.807, 2.05) is 36.5 Å². The van der Waals surface area contributed by atoms with Crippen molar-refractivity contribution < 1.29 is 22.0 Å². The van der Waals surface area contributed by atoms with E-state index in [1.165, 1.54) is 0 Å². The fourth-order valence-electron chi connectivity index (χ4n) is 2.36. The molecule has 2 aliphatic rings. The normalized spacial score (nSPS) is 15.6. The Labute approximate surface area is 140 Å². The summed E-state index contributed by atoms with van der Waals surface area (Å²) in [6.45, 7) is 0. The van der Waals surface area contributed by atoms with E-state index in [2.05, 4.69) is 10.6 Å². The molecule has 1 aromatic rings. The van der Waals surface area contributed by atoms with Gasteiger partial charge in [-0.15, -0.1) is 0 Å². The van der Waals surface area contributed by atoms with Crippen molar-refractivity contribution >= 4 is 14.7 Å². The molecule has 0 radical (unpaired) electrons. The Morgan fingerprint density at radius 3 is 1.58 bits per heavy atom. The van der Waals surface area contributed by atoms with Gasteiger partial charge in [-0.3, -0.25) is 0 Å². The summed E-state index contributed by atoms with van der Waals surface area (Å²) in [7, 11) is 0. The Morgan fingerprint density at radius 1 is 0.708 bits per heavy atom. The second kappa shape index (κ2) is 6.83. The van der Waals surface area contributed by atoms with Gasteiger partial charge in [-0.2, -0.15) is 0 Å². The molecular formula is C18H10AsF5. The first-order chi connectivity index (χ1) is 11.5. The predicted octanol–water partition coefficient (Wildman–Crippen LogP) is 4.62. The third-order valence-electron chi connectivity index (χ3n) is 3.58. The Hall–Kier alpha value is -2.05. The van der Waals surface area contributed by atoms with Crippen molar-refractivity contribution in [2.24, 2.45) is 0 Å². The summed E-state index contributed by atoms with van der Waals surface area (Å²) < 4.78 is 72.1. The van der Waals surface area contributed by atoms with Gasteiger partial charge in [0.05, 0.1) is 0 Å². The van der Waals surface area contributed by atoms with Crippen LogP contribution in [-0.4, -0.2) is 14.7 Å². The first kappa shape index (κ1) is 16.8. The summed E-state index contributed by atoms with van der Waals surface area (Å²) in [5, 5.41) is 0. The zero-order valence-electron chi connectivity index (χ0n) is 12.2. The maximum atomic E-state index is 13.7. The predicted molar refractivity (Wildman–Crippen MR) is 82.5 cm³/mol. The molecule has 2 aliphatic carbocycles. The summed E-state index contributed by atoms with van der Waals surface area (Å²) in [5.74, 6) is -7.66. The van der Waals surface area contributed by atoms with Crippen molar-refractivity contribution in [1.82, 2.24) is 0 Å². The molecule has 0 unspecified atom stereocenters. The average Bonchev–Trinajstić information content (AvgIpc) is 3.28. The summed E-state index contributed by atoms with van der Waals surface area (Å²) in [5.41, 5.74) is -1.07. The SMILES string of the molecule is Fc1c(F)c(F)c(C#C[As](C2=CC=CC2)C2=CC=CC2)c(F)c1F. The van der Waals surface area contributed by atoms with E-state index in [4.69, 9.17) is 0 Å². The van der Waals surface area contributed by atoms with Crippen LogP contribution in [0.15, 0.2) is 45.2 Å². The molecule has 0 amide bonds. The monoisotopic (exact) mass is 396 g/mol. The Balaban J connectivity index is 2.04. The fourth-order valence-corrected chi connectivity index (χ4v) is 6.40. The van der Waals surface area contributed by atoms with Crippen LogP contribution in [0.25, 0.3) is 0 Å². The van der Waals surface area contributed by atoms with E-state index in [9.17, 15) is 22.0 Å². The van der Waals surface area contributed by atoms with Gasteiger partial charge in [0.1, 0.15) is 0 Å². The van der Waals surface area contributed by atoms with Crippen LogP contribution in [0.1, 0.15) is 18.4 Å². The van der Waals surface area contributed by atoms with Crippen LogP contribution in [0.3, 0.4) is 0 Å². The molecule has 1 aromatic carbocycles. The molecule has 0 saturated carbocycles. The second-order valence-electron chi connectivity index (χ2n) is 5.10. The van der Waals surface area contributed by atoms with Gasteiger partial charge in [-0.05, 0) is 0 Å². The van der Waals surface area contributed by atoms with Gasteiger partial charge in [0, 0.05) is 0 Å². The molecule has 0 saturated heterocycles. The molecule has 6 heteroatoms. The molecule has 0 spiro atoms. The van der Waals surface area contributed by atoms with Crippen LogP contribution in [0.4, 0.5) is 22.0 Å². The minimum atomic E-state index is -2.17. The second-order valence-corrected chi connectivity index (χ2v) is 9.38. The summed E-state index contributed by atoms with van der Waals surface area (Å²) in [6, 6.07) is 0. The third-order valence-corrected chi connectivity index (χ3v) is 8.09. The molecule has 24 heavy (non-hydrogen) atoms. The van der Waals surface area contributed by atoms with E-state index < -0.39 is 49.3 Å². The van der Waals surface area contributed by atoms with E-state index in [0.29, 0.717) is 12.8 Å². The Morgan fingerprint density at radius 2 is 1.17 bits per heavy atom. The van der Waals surface area contributed by atoms with Gasteiger partial charge in [0.15, 0.2) is 0 Å². The van der Waals surface area contributed by atoms with Crippen LogP contribution >= 0.6 is 0 Å². The molecule has 0 bridgehead atoms. The molecule has 0 nitrogen and oxygen atoms in total. The van der Waals surface area contributed by atoms with Crippen molar-refractivity contribution in [3.05, 3.63) is 79.8 Å². The molecule has 0 atom stereocenters. The molecule has 0 N–H and O–H groups in total. The zero-order chi connectivity index (χ0) is 17.3. The van der Waals surface area contributed by atoms with Crippen LogP contribution in [0, 0.1) is 39.7 Å². The quantitative estimate of drug-likeness (QED) is 0.225. The van der Waals surface area contributed by atoms with Crippen molar-refractivity contribution in [3.8, 4) is 10.6 Å². The molecule has 0 heterocycles. The molecular weight excluding hydrogens is 386 g/mol. The van der Waals surface area contributed by atoms with E-state index in [1.54, 1.807) is 0 Å². The van der Waals surface area contributed by atoms with E-state index >= 15 is 0 Å². The minimum absolute atomic E-state index is 0.698. The Kier molecular flexibility index (Phi) is 4.78. The summed E-state index contributed by atoms with van der Waals surface area (Å²) in [4.78, 5) is 0. The van der Waals surface area contributed by atoms with Crippen molar-refractivity contribution in [1.29, 1.82) is 0 Å². The van der Waals surface area contributed by atoms with E-state index in [-0.39, 0.29) is 0 Å². The van der Waals surface area contributed by atoms with Crippen LogP contribution in [0.5, 0.6) is 0 Å². The summed E-state index contributed by atoms with van der Waals surface area (Å²) in [6.07, 6.45) is 12.9. The van der Waals surface area contributed by atoms with Gasteiger partial charge >= 0.3 is 140 Å². The van der Waals surface area contributed by atoms with Crippen LogP contribution in [0.2, 0.25) is 0 Å². The van der Waals surface area contributed by atoms with Crippen LogP contribution in [-0.2, 0) is 0 Å². The third kappa shape index (κ3) is 2.99. The first-order valence-electron chi connectivity index (χ1n) is 7.05. The van der Waals surface area contributed by atoms with Gasteiger partial charge in [-0.25, -0.2) is 0 Å². The fraction of sp³-hybridized carbons (Fsp3) is 0.111. The van der Waals surface area contributed by atoms with Gasteiger partial charge in [0.2, 0.25) is 0 Å². The number of hydrogen-bond donors (Lipinski definition) is 0. The Bertz CT molecular complexity index is 822. The molecule has 122 valence electrons. The molecule has 0 aromatic heterocycles.